The summed E-state index contributed by atoms with van der Waals surface area (Å²) < 4.78 is 16.7. The molecule has 0 spiro atoms. The second-order valence-electron chi connectivity index (χ2n) is 4.61. The van der Waals surface area contributed by atoms with E-state index in [1.165, 1.54) is 5.56 Å². The van der Waals surface area contributed by atoms with Gasteiger partial charge in [-0.3, -0.25) is 4.98 Å². The highest BCUT2D eigenvalue weighted by molar-refractivity contribution is 5.39. The third kappa shape index (κ3) is 2.66. The van der Waals surface area contributed by atoms with E-state index in [9.17, 15) is 0 Å². The summed E-state index contributed by atoms with van der Waals surface area (Å²) in [6.07, 6.45) is 2.11. The van der Waals surface area contributed by atoms with Crippen molar-refractivity contribution in [3.05, 3.63) is 59.4 Å². The van der Waals surface area contributed by atoms with Crippen LogP contribution in [0.4, 0.5) is 0 Å². The molecule has 1 saturated heterocycles. The molecule has 0 aliphatic carbocycles. The van der Waals surface area contributed by atoms with Crippen molar-refractivity contribution in [1.29, 1.82) is 0 Å². The van der Waals surface area contributed by atoms with E-state index in [1.54, 1.807) is 13.3 Å². The molecule has 0 unspecified atom stereocenters. The lowest BCUT2D eigenvalue weighted by Crippen LogP contribution is -2.08. The monoisotopic (exact) mass is 271 g/mol. The first-order valence-electron chi connectivity index (χ1n) is 6.67. The van der Waals surface area contributed by atoms with Crippen molar-refractivity contribution in [2.75, 3.05) is 20.3 Å². The average molecular weight is 271 g/mol. The molecule has 1 aliphatic rings. The third-order valence-electron chi connectivity index (χ3n) is 3.32. The average Bonchev–Trinajstić information content (AvgIpc) is 3.02. The third-order valence-corrected chi connectivity index (χ3v) is 3.32. The van der Waals surface area contributed by atoms with Gasteiger partial charge in [0, 0.05) is 12.6 Å². The fourth-order valence-corrected chi connectivity index (χ4v) is 2.38. The van der Waals surface area contributed by atoms with E-state index in [2.05, 4.69) is 17.1 Å². The zero-order valence-corrected chi connectivity index (χ0v) is 11.4. The van der Waals surface area contributed by atoms with Crippen molar-refractivity contribution >= 4 is 0 Å². The van der Waals surface area contributed by atoms with Gasteiger partial charge in [-0.2, -0.15) is 0 Å². The van der Waals surface area contributed by atoms with Crippen molar-refractivity contribution in [2.45, 2.75) is 12.7 Å². The first-order valence-corrected chi connectivity index (χ1v) is 6.67. The molecule has 2 heterocycles. The lowest BCUT2D eigenvalue weighted by Gasteiger charge is -2.17. The van der Waals surface area contributed by atoms with Crippen LogP contribution in [-0.4, -0.2) is 25.3 Å². The number of benzene rings is 1. The molecule has 4 heteroatoms. The lowest BCUT2D eigenvalue weighted by atomic mass is 10.0. The smallest absolute Gasteiger partial charge is 0.189 e. The summed E-state index contributed by atoms with van der Waals surface area (Å²) >= 11 is 0. The Morgan fingerprint density at radius 3 is 2.60 bits per heavy atom. The topological polar surface area (TPSA) is 40.6 Å². The highest BCUT2D eigenvalue weighted by Crippen LogP contribution is 2.33. The second kappa shape index (κ2) is 6.03. The van der Waals surface area contributed by atoms with Crippen molar-refractivity contribution in [3.63, 3.8) is 0 Å². The van der Waals surface area contributed by atoms with Crippen LogP contribution >= 0.6 is 0 Å². The summed E-state index contributed by atoms with van der Waals surface area (Å²) in [6.45, 7) is 1.21. The molecule has 1 fully saturated rings. The molecule has 4 nitrogen and oxygen atoms in total. The van der Waals surface area contributed by atoms with Gasteiger partial charge in [0.15, 0.2) is 6.29 Å². The van der Waals surface area contributed by atoms with E-state index < -0.39 is 0 Å². The normalized spacial score (nSPS) is 15.4. The second-order valence-corrected chi connectivity index (χ2v) is 4.61. The van der Waals surface area contributed by atoms with Crippen molar-refractivity contribution in [1.82, 2.24) is 4.98 Å². The highest BCUT2D eigenvalue weighted by atomic mass is 16.7. The molecule has 0 radical (unpaired) electrons. The molecular formula is C16H17NO3. The SMILES string of the molecule is COc1ccnc(Cc2ccccc2)c1C1OCCO1. The Bertz CT molecular complexity index is 565. The fraction of sp³-hybridized carbons (Fsp3) is 0.312. The van der Waals surface area contributed by atoms with E-state index in [-0.39, 0.29) is 6.29 Å². The molecule has 1 aromatic heterocycles. The van der Waals surface area contributed by atoms with Gasteiger partial charge in [-0.25, -0.2) is 0 Å². The molecule has 20 heavy (non-hydrogen) atoms. The summed E-state index contributed by atoms with van der Waals surface area (Å²) in [6, 6.07) is 12.1. The highest BCUT2D eigenvalue weighted by Gasteiger charge is 2.26. The van der Waals surface area contributed by atoms with Gasteiger partial charge in [-0.1, -0.05) is 30.3 Å². The molecule has 3 rings (SSSR count). The maximum atomic E-state index is 5.62. The van der Waals surface area contributed by atoms with Crippen LogP contribution in [0.25, 0.3) is 0 Å². The van der Waals surface area contributed by atoms with Gasteiger partial charge in [-0.15, -0.1) is 0 Å². The number of rotatable bonds is 4. The number of methoxy groups -OCH3 is 1. The first kappa shape index (κ1) is 13.1. The Hall–Kier alpha value is -1.91. The molecule has 0 amide bonds. The van der Waals surface area contributed by atoms with Gasteiger partial charge in [0.05, 0.1) is 31.6 Å². The minimum atomic E-state index is -0.377. The van der Waals surface area contributed by atoms with Crippen LogP contribution in [0.2, 0.25) is 0 Å². The number of hydrogen-bond donors (Lipinski definition) is 0. The first-order chi connectivity index (χ1) is 9.88. The predicted octanol–water partition coefficient (Wildman–Crippen LogP) is 2.73. The van der Waals surface area contributed by atoms with Gasteiger partial charge in [0.2, 0.25) is 0 Å². The quantitative estimate of drug-likeness (QED) is 0.857. The summed E-state index contributed by atoms with van der Waals surface area (Å²) in [7, 11) is 1.65. The fourth-order valence-electron chi connectivity index (χ4n) is 2.38. The summed E-state index contributed by atoms with van der Waals surface area (Å²) in [5, 5.41) is 0. The molecule has 0 bridgehead atoms. The predicted molar refractivity (Wildman–Crippen MR) is 74.7 cm³/mol. The van der Waals surface area contributed by atoms with E-state index in [4.69, 9.17) is 14.2 Å². The van der Waals surface area contributed by atoms with Crippen molar-refractivity contribution in [3.8, 4) is 5.75 Å². The van der Waals surface area contributed by atoms with E-state index >= 15 is 0 Å². The molecule has 0 atom stereocenters. The number of pyridine rings is 1. The van der Waals surface area contributed by atoms with Crippen LogP contribution in [0.3, 0.4) is 0 Å². The Kier molecular flexibility index (Phi) is 3.95. The van der Waals surface area contributed by atoms with Crippen LogP contribution in [-0.2, 0) is 15.9 Å². The van der Waals surface area contributed by atoms with E-state index in [0.717, 1.165) is 23.4 Å². The van der Waals surface area contributed by atoms with E-state index in [0.29, 0.717) is 13.2 Å². The van der Waals surface area contributed by atoms with E-state index in [1.807, 2.05) is 24.3 Å². The van der Waals surface area contributed by atoms with Crippen LogP contribution in [0.15, 0.2) is 42.6 Å². The van der Waals surface area contributed by atoms with Gasteiger partial charge in [0.1, 0.15) is 5.75 Å². The Balaban J connectivity index is 1.96. The largest absolute Gasteiger partial charge is 0.496 e. The number of ether oxygens (including phenoxy) is 3. The lowest BCUT2D eigenvalue weighted by molar-refractivity contribution is -0.0463. The Morgan fingerprint density at radius 1 is 1.15 bits per heavy atom. The number of aromatic nitrogens is 1. The molecule has 104 valence electrons. The summed E-state index contributed by atoms with van der Waals surface area (Å²) in [5.41, 5.74) is 3.03. The van der Waals surface area contributed by atoms with Gasteiger partial charge < -0.3 is 14.2 Å². The maximum Gasteiger partial charge on any atom is 0.189 e. The standard InChI is InChI=1S/C16H17NO3/c1-18-14-7-8-17-13(11-12-5-3-2-4-6-12)15(14)16-19-9-10-20-16/h2-8,16H,9-11H2,1H3. The van der Waals surface area contributed by atoms with Crippen molar-refractivity contribution < 1.29 is 14.2 Å². The number of nitrogens with zero attached hydrogens (tertiary/aromatic N) is 1. The molecule has 0 N–H and O–H groups in total. The van der Waals surface area contributed by atoms with Crippen LogP contribution < -0.4 is 4.74 Å². The Labute approximate surface area is 118 Å². The molecule has 1 aliphatic heterocycles. The van der Waals surface area contributed by atoms with Gasteiger partial charge >= 0.3 is 0 Å². The van der Waals surface area contributed by atoms with Crippen LogP contribution in [0, 0.1) is 0 Å². The molecule has 0 saturated carbocycles. The summed E-state index contributed by atoms with van der Waals surface area (Å²) in [5.74, 6) is 0.762. The van der Waals surface area contributed by atoms with Gasteiger partial charge in [-0.05, 0) is 11.6 Å². The van der Waals surface area contributed by atoms with Crippen LogP contribution in [0.1, 0.15) is 23.1 Å². The Morgan fingerprint density at radius 2 is 1.90 bits per heavy atom. The van der Waals surface area contributed by atoms with Crippen LogP contribution in [0.5, 0.6) is 5.75 Å². The zero-order chi connectivity index (χ0) is 13.8. The van der Waals surface area contributed by atoms with Crippen molar-refractivity contribution in [2.24, 2.45) is 0 Å². The minimum absolute atomic E-state index is 0.377. The molecule has 2 aromatic rings. The maximum absolute atomic E-state index is 5.62. The number of hydrogen-bond acceptors (Lipinski definition) is 4. The summed E-state index contributed by atoms with van der Waals surface area (Å²) in [4.78, 5) is 4.49. The van der Waals surface area contributed by atoms with Gasteiger partial charge in [0.25, 0.3) is 0 Å². The minimum Gasteiger partial charge on any atom is -0.496 e. The molecular weight excluding hydrogens is 254 g/mol. The zero-order valence-electron chi connectivity index (χ0n) is 11.4. The molecule has 1 aromatic carbocycles.